The van der Waals surface area contributed by atoms with Crippen molar-refractivity contribution >= 4 is 39.8 Å². The summed E-state index contributed by atoms with van der Waals surface area (Å²) in [7, 11) is 0. The SMILES string of the molecule is CC(C)(C)SCC(=O)Nc1c(-c2ccc(F)cc2)nc2sccn12. The average Bonchev–Trinajstić information content (AvgIpc) is 3.08. The highest BCUT2D eigenvalue weighted by Gasteiger charge is 2.19. The molecule has 3 aromatic rings. The van der Waals surface area contributed by atoms with Crippen molar-refractivity contribution in [1.82, 2.24) is 9.38 Å². The van der Waals surface area contributed by atoms with E-state index in [9.17, 15) is 9.18 Å². The van der Waals surface area contributed by atoms with E-state index in [1.165, 1.54) is 23.5 Å². The van der Waals surface area contributed by atoms with Crippen LogP contribution in [0, 0.1) is 5.82 Å². The molecule has 0 radical (unpaired) electrons. The Hall–Kier alpha value is -1.86. The molecule has 0 saturated heterocycles. The largest absolute Gasteiger partial charge is 0.309 e. The summed E-state index contributed by atoms with van der Waals surface area (Å²) >= 11 is 3.07. The normalized spacial score (nSPS) is 11.8. The third kappa shape index (κ3) is 3.79. The van der Waals surface area contributed by atoms with Crippen molar-refractivity contribution in [2.45, 2.75) is 25.5 Å². The first-order valence-corrected chi connectivity index (χ1v) is 9.35. The molecule has 1 amide bonds. The fourth-order valence-electron chi connectivity index (χ4n) is 2.16. The standard InChI is InChI=1S/C17H18FN3OS2/c1-17(2,3)24-10-13(22)19-15-14(11-4-6-12(18)7-5-11)20-16-21(15)8-9-23-16/h4-9H,10H2,1-3H3,(H,19,22). The topological polar surface area (TPSA) is 46.4 Å². The van der Waals surface area contributed by atoms with Crippen LogP contribution in [-0.2, 0) is 4.79 Å². The summed E-state index contributed by atoms with van der Waals surface area (Å²) < 4.78 is 15.0. The number of imidazole rings is 1. The van der Waals surface area contributed by atoms with Crippen molar-refractivity contribution in [3.8, 4) is 11.3 Å². The third-order valence-electron chi connectivity index (χ3n) is 3.27. The molecule has 0 aliphatic heterocycles. The van der Waals surface area contributed by atoms with Crippen LogP contribution in [0.2, 0.25) is 0 Å². The van der Waals surface area contributed by atoms with Gasteiger partial charge in [0.05, 0.1) is 5.75 Å². The third-order valence-corrected chi connectivity index (χ3v) is 5.30. The van der Waals surface area contributed by atoms with E-state index in [2.05, 4.69) is 31.1 Å². The van der Waals surface area contributed by atoms with Crippen molar-refractivity contribution in [3.05, 3.63) is 41.7 Å². The van der Waals surface area contributed by atoms with E-state index in [0.29, 0.717) is 17.3 Å². The fourth-order valence-corrected chi connectivity index (χ4v) is 3.51. The second-order valence-corrected chi connectivity index (χ2v) is 9.00. The molecule has 2 aromatic heterocycles. The molecule has 126 valence electrons. The van der Waals surface area contributed by atoms with Crippen LogP contribution in [0.25, 0.3) is 16.2 Å². The number of rotatable bonds is 4. The summed E-state index contributed by atoms with van der Waals surface area (Å²) in [5, 5.41) is 4.87. The smallest absolute Gasteiger partial charge is 0.235 e. The van der Waals surface area contributed by atoms with Gasteiger partial charge in [0.1, 0.15) is 17.3 Å². The highest BCUT2D eigenvalue weighted by Crippen LogP contribution is 2.31. The number of hydrogen-bond donors (Lipinski definition) is 1. The summed E-state index contributed by atoms with van der Waals surface area (Å²) in [5.74, 6) is 0.611. The number of aromatic nitrogens is 2. The average molecular weight is 363 g/mol. The molecule has 0 bridgehead atoms. The highest BCUT2D eigenvalue weighted by atomic mass is 32.2. The van der Waals surface area contributed by atoms with Crippen molar-refractivity contribution in [2.75, 3.05) is 11.1 Å². The minimum atomic E-state index is -0.299. The zero-order valence-electron chi connectivity index (χ0n) is 13.7. The van der Waals surface area contributed by atoms with Gasteiger partial charge in [0.15, 0.2) is 4.96 Å². The van der Waals surface area contributed by atoms with Crippen molar-refractivity contribution in [3.63, 3.8) is 0 Å². The number of thiazole rings is 1. The van der Waals surface area contributed by atoms with Gasteiger partial charge in [-0.2, -0.15) is 0 Å². The van der Waals surface area contributed by atoms with E-state index in [0.717, 1.165) is 10.5 Å². The summed E-state index contributed by atoms with van der Waals surface area (Å²) in [6, 6.07) is 6.12. The maximum Gasteiger partial charge on any atom is 0.235 e. The van der Waals surface area contributed by atoms with Gasteiger partial charge in [-0.05, 0) is 24.3 Å². The van der Waals surface area contributed by atoms with Gasteiger partial charge in [-0.1, -0.05) is 20.8 Å². The number of carbonyl (C=O) groups is 1. The number of carbonyl (C=O) groups excluding carboxylic acids is 1. The molecule has 1 aromatic carbocycles. The number of fused-ring (bicyclic) bond motifs is 1. The Balaban J connectivity index is 1.91. The molecular formula is C17H18FN3OS2. The van der Waals surface area contributed by atoms with E-state index in [1.807, 2.05) is 16.0 Å². The van der Waals surface area contributed by atoms with E-state index in [4.69, 9.17) is 0 Å². The van der Waals surface area contributed by atoms with Gasteiger partial charge in [0, 0.05) is 21.9 Å². The zero-order chi connectivity index (χ0) is 17.3. The van der Waals surface area contributed by atoms with Crippen molar-refractivity contribution in [1.29, 1.82) is 0 Å². The minimum Gasteiger partial charge on any atom is -0.309 e. The lowest BCUT2D eigenvalue weighted by molar-refractivity contribution is -0.113. The fraction of sp³-hybridized carbons (Fsp3) is 0.294. The molecular weight excluding hydrogens is 345 g/mol. The van der Waals surface area contributed by atoms with Crippen LogP contribution in [0.4, 0.5) is 10.2 Å². The van der Waals surface area contributed by atoms with Gasteiger partial charge in [-0.3, -0.25) is 9.20 Å². The molecule has 2 heterocycles. The quantitative estimate of drug-likeness (QED) is 0.732. The van der Waals surface area contributed by atoms with Gasteiger partial charge in [-0.15, -0.1) is 23.1 Å². The number of benzene rings is 1. The first kappa shape index (κ1) is 17.0. The monoisotopic (exact) mass is 363 g/mol. The maximum atomic E-state index is 13.2. The molecule has 1 N–H and O–H groups in total. The van der Waals surface area contributed by atoms with Crippen LogP contribution in [0.1, 0.15) is 20.8 Å². The van der Waals surface area contributed by atoms with Gasteiger partial charge >= 0.3 is 0 Å². The lowest BCUT2D eigenvalue weighted by atomic mass is 10.1. The molecule has 3 rings (SSSR count). The number of halogens is 1. The van der Waals surface area contributed by atoms with Gasteiger partial charge in [-0.25, -0.2) is 9.37 Å². The summed E-state index contributed by atoms with van der Waals surface area (Å²) in [6.07, 6.45) is 1.87. The Kier molecular flexibility index (Phi) is 4.64. The van der Waals surface area contributed by atoms with Crippen LogP contribution >= 0.6 is 23.1 Å². The number of amides is 1. The number of hydrogen-bond acceptors (Lipinski definition) is 4. The molecule has 24 heavy (non-hydrogen) atoms. The Morgan fingerprint density at radius 1 is 1.33 bits per heavy atom. The van der Waals surface area contributed by atoms with Crippen LogP contribution in [-0.4, -0.2) is 25.8 Å². The Morgan fingerprint density at radius 3 is 2.71 bits per heavy atom. The van der Waals surface area contributed by atoms with Crippen molar-refractivity contribution in [2.24, 2.45) is 0 Å². The van der Waals surface area contributed by atoms with Crippen LogP contribution in [0.15, 0.2) is 35.8 Å². The van der Waals surface area contributed by atoms with Crippen LogP contribution < -0.4 is 5.32 Å². The Labute approximate surface area is 148 Å². The lowest BCUT2D eigenvalue weighted by Crippen LogP contribution is -2.20. The summed E-state index contributed by atoms with van der Waals surface area (Å²) in [5.41, 5.74) is 1.42. The van der Waals surface area contributed by atoms with Gasteiger partial charge < -0.3 is 5.32 Å². The molecule has 0 spiro atoms. The predicted octanol–water partition coefficient (Wildman–Crippen LogP) is 4.67. The number of nitrogens with one attached hydrogen (secondary N) is 1. The molecule has 0 aliphatic carbocycles. The lowest BCUT2D eigenvalue weighted by Gasteiger charge is -2.17. The summed E-state index contributed by atoms with van der Waals surface area (Å²) in [4.78, 5) is 17.7. The van der Waals surface area contributed by atoms with E-state index >= 15 is 0 Å². The molecule has 0 saturated carbocycles. The van der Waals surface area contributed by atoms with Crippen LogP contribution in [0.5, 0.6) is 0 Å². The molecule has 0 fully saturated rings. The first-order valence-electron chi connectivity index (χ1n) is 7.49. The number of thioether (sulfide) groups is 1. The predicted molar refractivity (Wildman–Crippen MR) is 99.3 cm³/mol. The second kappa shape index (κ2) is 6.57. The Morgan fingerprint density at radius 2 is 2.04 bits per heavy atom. The molecule has 0 atom stereocenters. The second-order valence-electron chi connectivity index (χ2n) is 6.32. The summed E-state index contributed by atoms with van der Waals surface area (Å²) in [6.45, 7) is 6.22. The maximum absolute atomic E-state index is 13.2. The highest BCUT2D eigenvalue weighted by molar-refractivity contribution is 8.01. The molecule has 0 unspecified atom stereocenters. The number of nitrogens with zero attached hydrogens (tertiary/aromatic N) is 2. The molecule has 7 heteroatoms. The Bertz CT molecular complexity index is 862. The van der Waals surface area contributed by atoms with Crippen LogP contribution in [0.3, 0.4) is 0 Å². The molecule has 4 nitrogen and oxygen atoms in total. The van der Waals surface area contributed by atoms with Gasteiger partial charge in [0.2, 0.25) is 5.91 Å². The zero-order valence-corrected chi connectivity index (χ0v) is 15.3. The first-order chi connectivity index (χ1) is 11.3. The van der Waals surface area contributed by atoms with E-state index < -0.39 is 0 Å². The van der Waals surface area contributed by atoms with E-state index in [1.54, 1.807) is 23.9 Å². The minimum absolute atomic E-state index is 0.0201. The molecule has 0 aliphatic rings. The van der Waals surface area contributed by atoms with E-state index in [-0.39, 0.29) is 16.5 Å². The van der Waals surface area contributed by atoms with Crippen molar-refractivity contribution < 1.29 is 9.18 Å². The number of anilines is 1. The van der Waals surface area contributed by atoms with Gasteiger partial charge in [0.25, 0.3) is 0 Å².